The lowest BCUT2D eigenvalue weighted by atomic mass is 10.1. The predicted molar refractivity (Wildman–Crippen MR) is 75.3 cm³/mol. The van der Waals surface area contributed by atoms with Crippen molar-refractivity contribution in [2.45, 2.75) is 6.42 Å². The normalized spacial score (nSPS) is 11.2. The van der Waals surface area contributed by atoms with Gasteiger partial charge in [0.25, 0.3) is 5.91 Å². The maximum atomic E-state index is 11.2. The van der Waals surface area contributed by atoms with Crippen LogP contribution in [-0.4, -0.2) is 33.7 Å². The predicted octanol–water partition coefficient (Wildman–Crippen LogP) is -0.281. The third-order valence-corrected chi connectivity index (χ3v) is 3.07. The van der Waals surface area contributed by atoms with E-state index in [1.54, 1.807) is 12.1 Å². The van der Waals surface area contributed by atoms with Crippen LogP contribution in [0, 0.1) is 0 Å². The zero-order chi connectivity index (χ0) is 14.5. The van der Waals surface area contributed by atoms with Crippen molar-refractivity contribution < 1.29 is 13.2 Å². The van der Waals surface area contributed by atoms with Crippen molar-refractivity contribution in [2.75, 3.05) is 30.4 Å². The van der Waals surface area contributed by atoms with Gasteiger partial charge in [0, 0.05) is 24.5 Å². The molecule has 0 saturated carbocycles. The van der Waals surface area contributed by atoms with E-state index in [1.807, 2.05) is 0 Å². The molecular formula is C11H18N4O3S. The van der Waals surface area contributed by atoms with Crippen LogP contribution in [0.5, 0.6) is 0 Å². The largest absolute Gasteiger partial charge is 0.399 e. The molecule has 19 heavy (non-hydrogen) atoms. The van der Waals surface area contributed by atoms with Gasteiger partial charge in [-0.25, -0.2) is 13.1 Å². The van der Waals surface area contributed by atoms with E-state index in [2.05, 4.69) is 10.0 Å². The van der Waals surface area contributed by atoms with Crippen LogP contribution < -0.4 is 21.5 Å². The first-order valence-corrected chi connectivity index (χ1v) is 7.56. The number of hydrogen-bond donors (Lipinski definition) is 4. The Kier molecular flexibility index (Phi) is 5.13. The molecule has 1 aromatic carbocycles. The molecular weight excluding hydrogens is 268 g/mol. The molecule has 0 radical (unpaired) electrons. The first kappa shape index (κ1) is 15.3. The molecule has 0 aliphatic rings. The number of nitrogen functional groups attached to an aromatic ring is 1. The summed E-state index contributed by atoms with van der Waals surface area (Å²) in [6.07, 6.45) is 1.68. The highest BCUT2D eigenvalue weighted by molar-refractivity contribution is 7.88. The summed E-state index contributed by atoms with van der Waals surface area (Å²) in [6.45, 7) is 0.833. The van der Waals surface area contributed by atoms with Crippen molar-refractivity contribution >= 4 is 27.3 Å². The molecule has 1 rings (SSSR count). The number of carbonyl (C=O) groups excluding carboxylic acids is 1. The fourth-order valence-corrected chi connectivity index (χ4v) is 2.00. The number of anilines is 2. The van der Waals surface area contributed by atoms with Crippen molar-refractivity contribution in [1.82, 2.24) is 4.72 Å². The quantitative estimate of drug-likeness (QED) is 0.405. The molecule has 0 aliphatic carbocycles. The molecule has 0 aromatic heterocycles. The molecule has 8 heteroatoms. The molecule has 0 bridgehead atoms. The number of rotatable bonds is 7. The highest BCUT2D eigenvalue weighted by Crippen LogP contribution is 2.18. The van der Waals surface area contributed by atoms with Gasteiger partial charge in [-0.3, -0.25) is 4.79 Å². The molecule has 0 fully saturated rings. The monoisotopic (exact) mass is 286 g/mol. The van der Waals surface area contributed by atoms with Crippen molar-refractivity contribution in [1.29, 1.82) is 0 Å². The van der Waals surface area contributed by atoms with Gasteiger partial charge in [0.05, 0.1) is 11.8 Å². The van der Waals surface area contributed by atoms with Gasteiger partial charge in [-0.1, -0.05) is 0 Å². The van der Waals surface area contributed by atoms with E-state index in [-0.39, 0.29) is 0 Å². The third kappa shape index (κ3) is 5.58. The molecule has 0 saturated heterocycles. The molecule has 1 aromatic rings. The van der Waals surface area contributed by atoms with Crippen molar-refractivity contribution in [3.05, 3.63) is 23.8 Å². The average Bonchev–Trinajstić information content (AvgIpc) is 2.28. The lowest BCUT2D eigenvalue weighted by Crippen LogP contribution is -2.24. The first-order valence-electron chi connectivity index (χ1n) is 5.67. The van der Waals surface area contributed by atoms with E-state index in [1.165, 1.54) is 6.07 Å². The Bertz CT molecular complexity index is 557. The Morgan fingerprint density at radius 2 is 2.00 bits per heavy atom. The molecule has 0 heterocycles. The molecule has 6 N–H and O–H groups in total. The highest BCUT2D eigenvalue weighted by atomic mass is 32.2. The van der Waals surface area contributed by atoms with Crippen LogP contribution in [0.1, 0.15) is 16.8 Å². The molecule has 1 amide bonds. The Morgan fingerprint density at radius 3 is 2.58 bits per heavy atom. The van der Waals surface area contributed by atoms with Gasteiger partial charge < -0.3 is 16.8 Å². The number of nitrogens with one attached hydrogen (secondary N) is 2. The summed E-state index contributed by atoms with van der Waals surface area (Å²) < 4.78 is 24.1. The second kappa shape index (κ2) is 6.39. The highest BCUT2D eigenvalue weighted by Gasteiger charge is 2.08. The minimum atomic E-state index is -3.16. The van der Waals surface area contributed by atoms with Crippen molar-refractivity contribution in [3.8, 4) is 0 Å². The van der Waals surface area contributed by atoms with E-state index in [0.29, 0.717) is 36.4 Å². The Balaban J connectivity index is 2.52. The van der Waals surface area contributed by atoms with E-state index >= 15 is 0 Å². The molecule has 106 valence electrons. The number of carbonyl (C=O) groups is 1. The number of amides is 1. The Hall–Kier alpha value is -1.80. The van der Waals surface area contributed by atoms with E-state index in [4.69, 9.17) is 11.5 Å². The summed E-state index contributed by atoms with van der Waals surface area (Å²) in [4.78, 5) is 11.2. The standard InChI is InChI=1S/C11H18N4O3S/c1-19(17,18)15-6-2-5-14-10-4-3-8(12)7-9(10)11(13)16/h3-4,7,14-15H,2,5-6,12H2,1H3,(H2,13,16). The molecule has 0 atom stereocenters. The van der Waals surface area contributed by atoms with Crippen LogP contribution >= 0.6 is 0 Å². The molecule has 0 spiro atoms. The van der Waals surface area contributed by atoms with Gasteiger partial charge >= 0.3 is 0 Å². The topological polar surface area (TPSA) is 127 Å². The second-order valence-electron chi connectivity index (χ2n) is 4.12. The average molecular weight is 286 g/mol. The second-order valence-corrected chi connectivity index (χ2v) is 5.95. The summed E-state index contributed by atoms with van der Waals surface area (Å²) in [5.74, 6) is -0.566. The SMILES string of the molecule is CS(=O)(=O)NCCCNc1ccc(N)cc1C(N)=O. The fourth-order valence-electron chi connectivity index (χ4n) is 1.49. The van der Waals surface area contributed by atoms with Crippen LogP contribution in [0.25, 0.3) is 0 Å². The maximum Gasteiger partial charge on any atom is 0.250 e. The number of sulfonamides is 1. The smallest absolute Gasteiger partial charge is 0.250 e. The molecule has 0 unspecified atom stereocenters. The summed E-state index contributed by atoms with van der Waals surface area (Å²) >= 11 is 0. The number of primary amides is 1. The summed E-state index contributed by atoms with van der Waals surface area (Å²) in [5.41, 5.74) is 12.2. The molecule has 0 aliphatic heterocycles. The number of benzene rings is 1. The van der Waals surface area contributed by atoms with E-state index < -0.39 is 15.9 Å². The lowest BCUT2D eigenvalue weighted by molar-refractivity contribution is 0.100. The van der Waals surface area contributed by atoms with E-state index in [0.717, 1.165) is 6.26 Å². The summed E-state index contributed by atoms with van der Waals surface area (Å²) in [6, 6.07) is 4.82. The van der Waals surface area contributed by atoms with Gasteiger partial charge in [-0.05, 0) is 24.6 Å². The van der Waals surface area contributed by atoms with Gasteiger partial charge in [0.15, 0.2) is 0 Å². The Morgan fingerprint density at radius 1 is 1.32 bits per heavy atom. The zero-order valence-corrected chi connectivity index (χ0v) is 11.5. The van der Waals surface area contributed by atoms with Crippen molar-refractivity contribution in [3.63, 3.8) is 0 Å². The maximum absolute atomic E-state index is 11.2. The number of nitrogens with two attached hydrogens (primary N) is 2. The number of hydrogen-bond acceptors (Lipinski definition) is 5. The summed E-state index contributed by atoms with van der Waals surface area (Å²) in [7, 11) is -3.16. The van der Waals surface area contributed by atoms with Crippen LogP contribution in [-0.2, 0) is 10.0 Å². The minimum Gasteiger partial charge on any atom is -0.399 e. The van der Waals surface area contributed by atoms with Gasteiger partial charge in [-0.2, -0.15) is 0 Å². The lowest BCUT2D eigenvalue weighted by Gasteiger charge is -2.10. The van der Waals surface area contributed by atoms with Crippen molar-refractivity contribution in [2.24, 2.45) is 5.73 Å². The Labute approximate surface area is 112 Å². The summed E-state index contributed by atoms with van der Waals surface area (Å²) in [5, 5.41) is 3.02. The molecule has 7 nitrogen and oxygen atoms in total. The first-order chi connectivity index (χ1) is 8.79. The van der Waals surface area contributed by atoms with Crippen LogP contribution in [0.2, 0.25) is 0 Å². The van der Waals surface area contributed by atoms with Gasteiger partial charge in [-0.15, -0.1) is 0 Å². The fraction of sp³-hybridized carbons (Fsp3) is 0.364. The zero-order valence-electron chi connectivity index (χ0n) is 10.6. The van der Waals surface area contributed by atoms with Crippen LogP contribution in [0.15, 0.2) is 18.2 Å². The van der Waals surface area contributed by atoms with Gasteiger partial charge in [0.1, 0.15) is 0 Å². The van der Waals surface area contributed by atoms with E-state index in [9.17, 15) is 13.2 Å². The minimum absolute atomic E-state index is 0.316. The van der Waals surface area contributed by atoms with Crippen LogP contribution in [0.4, 0.5) is 11.4 Å². The van der Waals surface area contributed by atoms with Gasteiger partial charge in [0.2, 0.25) is 10.0 Å². The third-order valence-electron chi connectivity index (χ3n) is 2.34. The van der Waals surface area contributed by atoms with Crippen LogP contribution in [0.3, 0.4) is 0 Å².